The Balaban J connectivity index is 2.04. The first kappa shape index (κ1) is 10.5. The van der Waals surface area contributed by atoms with E-state index >= 15 is 0 Å². The van der Waals surface area contributed by atoms with Gasteiger partial charge in [-0.1, -0.05) is 0 Å². The maximum absolute atomic E-state index is 11.6. The molecule has 1 atom stereocenters. The third-order valence-corrected chi connectivity index (χ3v) is 3.50. The number of thioether (sulfide) groups is 1. The highest BCUT2D eigenvalue weighted by molar-refractivity contribution is 8.00. The molecule has 3 amide bonds. The largest absolute Gasteiger partial charge is 0.354 e. The van der Waals surface area contributed by atoms with E-state index in [0.717, 1.165) is 0 Å². The second-order valence-corrected chi connectivity index (χ2v) is 4.63. The lowest BCUT2D eigenvalue weighted by molar-refractivity contribution is -0.146. The summed E-state index contributed by atoms with van der Waals surface area (Å²) in [5.74, 6) is 0.485. The van der Waals surface area contributed by atoms with Gasteiger partial charge in [0.25, 0.3) is 0 Å². The Morgan fingerprint density at radius 1 is 1.20 bits per heavy atom. The van der Waals surface area contributed by atoms with Crippen LogP contribution in [0, 0.1) is 0 Å². The van der Waals surface area contributed by atoms with Crippen molar-refractivity contribution in [1.82, 2.24) is 10.2 Å². The summed E-state index contributed by atoms with van der Waals surface area (Å²) in [6, 6.07) is -0.136. The maximum atomic E-state index is 11.6. The van der Waals surface area contributed by atoms with Gasteiger partial charge in [0.15, 0.2) is 0 Å². The van der Waals surface area contributed by atoms with Crippen LogP contribution in [0.3, 0.4) is 0 Å². The second kappa shape index (κ2) is 4.22. The molecule has 2 heterocycles. The fraction of sp³-hybridized carbons (Fsp3) is 0.667. The highest BCUT2D eigenvalue weighted by Gasteiger charge is 2.34. The summed E-state index contributed by atoms with van der Waals surface area (Å²) < 4.78 is 0. The Labute approximate surface area is 91.6 Å². The van der Waals surface area contributed by atoms with Gasteiger partial charge in [-0.2, -0.15) is 0 Å². The lowest BCUT2D eigenvalue weighted by Gasteiger charge is -2.34. The quantitative estimate of drug-likeness (QED) is 0.607. The Bertz CT molecular complexity index is 292. The number of piperidine rings is 1. The van der Waals surface area contributed by atoms with Gasteiger partial charge in [0.2, 0.25) is 17.7 Å². The highest BCUT2D eigenvalue weighted by Crippen LogP contribution is 2.19. The number of rotatable bonds is 1. The first-order valence-electron chi connectivity index (χ1n) is 4.88. The minimum atomic E-state index is -0.136. The first-order valence-corrected chi connectivity index (χ1v) is 6.03. The van der Waals surface area contributed by atoms with Crippen LogP contribution in [-0.4, -0.2) is 46.7 Å². The third-order valence-electron chi connectivity index (χ3n) is 2.59. The summed E-state index contributed by atoms with van der Waals surface area (Å²) >= 11 is 1.35. The Kier molecular flexibility index (Phi) is 2.95. The minimum Gasteiger partial charge on any atom is -0.354 e. The number of nitrogens with zero attached hydrogens (tertiary/aromatic N) is 1. The Morgan fingerprint density at radius 3 is 2.40 bits per heavy atom. The molecule has 0 bridgehead atoms. The number of hydrogen-bond donors (Lipinski definition) is 1. The van der Waals surface area contributed by atoms with E-state index < -0.39 is 0 Å². The SMILES string of the molecule is O=C1CCC(N2C(=O)CSCC2=O)CN1. The smallest absolute Gasteiger partial charge is 0.239 e. The molecule has 2 rings (SSSR count). The van der Waals surface area contributed by atoms with Crippen LogP contribution in [-0.2, 0) is 14.4 Å². The van der Waals surface area contributed by atoms with Crippen LogP contribution < -0.4 is 5.32 Å². The van der Waals surface area contributed by atoms with E-state index in [9.17, 15) is 14.4 Å². The minimum absolute atomic E-state index is 0.00228. The van der Waals surface area contributed by atoms with E-state index in [-0.39, 0.29) is 23.8 Å². The molecule has 0 saturated carbocycles. The standard InChI is InChI=1S/C9H12N2O3S/c12-7-2-1-6(3-10-7)11-8(13)4-15-5-9(11)14/h6H,1-5H2,(H,10,12). The van der Waals surface area contributed by atoms with Crippen LogP contribution in [0.5, 0.6) is 0 Å². The van der Waals surface area contributed by atoms with E-state index in [1.165, 1.54) is 16.7 Å². The first-order chi connectivity index (χ1) is 7.18. The van der Waals surface area contributed by atoms with Gasteiger partial charge in [-0.05, 0) is 6.42 Å². The normalized spacial score (nSPS) is 27.9. The van der Waals surface area contributed by atoms with Crippen molar-refractivity contribution >= 4 is 29.5 Å². The number of amides is 3. The van der Waals surface area contributed by atoms with Crippen molar-refractivity contribution in [2.75, 3.05) is 18.1 Å². The molecule has 0 radical (unpaired) electrons. The predicted molar refractivity (Wildman–Crippen MR) is 55.2 cm³/mol. The van der Waals surface area contributed by atoms with Gasteiger partial charge >= 0.3 is 0 Å². The van der Waals surface area contributed by atoms with E-state index in [2.05, 4.69) is 5.32 Å². The summed E-state index contributed by atoms with van der Waals surface area (Å²) in [6.45, 7) is 0.404. The fourth-order valence-electron chi connectivity index (χ4n) is 1.85. The lowest BCUT2D eigenvalue weighted by atomic mass is 10.1. The molecular weight excluding hydrogens is 216 g/mol. The third kappa shape index (κ3) is 2.14. The number of hydrogen-bond acceptors (Lipinski definition) is 4. The topological polar surface area (TPSA) is 66.5 Å². The van der Waals surface area contributed by atoms with E-state index in [4.69, 9.17) is 0 Å². The van der Waals surface area contributed by atoms with Gasteiger partial charge < -0.3 is 5.32 Å². The van der Waals surface area contributed by atoms with Crippen LogP contribution in [0.15, 0.2) is 0 Å². The van der Waals surface area contributed by atoms with Gasteiger partial charge in [-0.15, -0.1) is 11.8 Å². The summed E-state index contributed by atoms with van der Waals surface area (Å²) in [5.41, 5.74) is 0. The summed E-state index contributed by atoms with van der Waals surface area (Å²) in [6.07, 6.45) is 0.989. The average molecular weight is 228 g/mol. The van der Waals surface area contributed by atoms with Crippen molar-refractivity contribution in [3.05, 3.63) is 0 Å². The molecule has 1 N–H and O–H groups in total. The van der Waals surface area contributed by atoms with Crippen LogP contribution >= 0.6 is 11.8 Å². The van der Waals surface area contributed by atoms with Gasteiger partial charge in [0.05, 0.1) is 17.5 Å². The van der Waals surface area contributed by atoms with Crippen LogP contribution in [0.2, 0.25) is 0 Å². The van der Waals surface area contributed by atoms with Crippen LogP contribution in [0.25, 0.3) is 0 Å². The molecular formula is C9H12N2O3S. The Hall–Kier alpha value is -1.04. The molecule has 0 spiro atoms. The fourth-order valence-corrected chi connectivity index (χ4v) is 2.58. The molecule has 15 heavy (non-hydrogen) atoms. The molecule has 0 aromatic rings. The van der Waals surface area contributed by atoms with Crippen molar-refractivity contribution in [1.29, 1.82) is 0 Å². The zero-order chi connectivity index (χ0) is 10.8. The molecule has 0 aliphatic carbocycles. The zero-order valence-electron chi connectivity index (χ0n) is 8.19. The second-order valence-electron chi connectivity index (χ2n) is 3.65. The average Bonchev–Trinajstić information content (AvgIpc) is 2.20. The van der Waals surface area contributed by atoms with Gasteiger partial charge in [0, 0.05) is 13.0 Å². The zero-order valence-corrected chi connectivity index (χ0v) is 9.01. The van der Waals surface area contributed by atoms with Gasteiger partial charge in [-0.3, -0.25) is 19.3 Å². The monoisotopic (exact) mass is 228 g/mol. The number of imide groups is 1. The molecule has 2 saturated heterocycles. The molecule has 0 aromatic heterocycles. The van der Waals surface area contributed by atoms with Crippen LogP contribution in [0.1, 0.15) is 12.8 Å². The van der Waals surface area contributed by atoms with Gasteiger partial charge in [-0.25, -0.2) is 0 Å². The lowest BCUT2D eigenvalue weighted by Crippen LogP contribution is -2.55. The molecule has 0 aromatic carbocycles. The highest BCUT2D eigenvalue weighted by atomic mass is 32.2. The van der Waals surface area contributed by atoms with Crippen molar-refractivity contribution in [3.8, 4) is 0 Å². The van der Waals surface area contributed by atoms with Crippen molar-refractivity contribution in [3.63, 3.8) is 0 Å². The maximum Gasteiger partial charge on any atom is 0.239 e. The molecule has 2 aliphatic heterocycles. The number of carbonyl (C=O) groups excluding carboxylic acids is 3. The van der Waals surface area contributed by atoms with Crippen molar-refractivity contribution in [2.24, 2.45) is 0 Å². The molecule has 6 heteroatoms. The molecule has 2 aliphatic rings. The Morgan fingerprint density at radius 2 is 1.87 bits per heavy atom. The number of carbonyl (C=O) groups is 3. The molecule has 1 unspecified atom stereocenters. The number of nitrogens with one attached hydrogen (secondary N) is 1. The van der Waals surface area contributed by atoms with E-state index in [1.807, 2.05) is 0 Å². The summed E-state index contributed by atoms with van der Waals surface area (Å²) in [4.78, 5) is 35.4. The molecule has 5 nitrogen and oxygen atoms in total. The molecule has 82 valence electrons. The summed E-state index contributed by atoms with van der Waals surface area (Å²) in [5, 5.41) is 2.68. The van der Waals surface area contributed by atoms with Crippen molar-refractivity contribution < 1.29 is 14.4 Å². The molecule has 2 fully saturated rings. The summed E-state index contributed by atoms with van der Waals surface area (Å²) in [7, 11) is 0. The van der Waals surface area contributed by atoms with E-state index in [0.29, 0.717) is 30.9 Å². The van der Waals surface area contributed by atoms with Gasteiger partial charge in [0.1, 0.15) is 0 Å². The predicted octanol–water partition coefficient (Wildman–Crippen LogP) is -0.633. The van der Waals surface area contributed by atoms with E-state index in [1.54, 1.807) is 0 Å². The van der Waals surface area contributed by atoms with Crippen molar-refractivity contribution in [2.45, 2.75) is 18.9 Å². The van der Waals surface area contributed by atoms with Crippen LogP contribution in [0.4, 0.5) is 0 Å².